The van der Waals surface area contributed by atoms with Crippen molar-refractivity contribution in [1.82, 2.24) is 29.5 Å². The monoisotopic (exact) mass is 423 g/mol. The number of hydrogen-bond acceptors (Lipinski definition) is 5. The molecule has 0 unspecified atom stereocenters. The number of aromatic amines is 1. The zero-order valence-electron chi connectivity index (χ0n) is 16.6. The second-order valence-electron chi connectivity index (χ2n) is 6.86. The summed E-state index contributed by atoms with van der Waals surface area (Å²) in [6.07, 6.45) is 0.939. The SMILES string of the molecule is Cc1c(-c2cccc(-c3nc[nH]n3)c2)cccc1-n1cnn(CC(CN)=C(F)F)c1=O. The van der Waals surface area contributed by atoms with Gasteiger partial charge in [-0.05, 0) is 35.7 Å². The average Bonchev–Trinajstić information content (AvgIpc) is 3.43. The van der Waals surface area contributed by atoms with Crippen molar-refractivity contribution in [3.8, 4) is 28.2 Å². The van der Waals surface area contributed by atoms with Gasteiger partial charge >= 0.3 is 5.69 Å². The van der Waals surface area contributed by atoms with Gasteiger partial charge in [0.1, 0.15) is 12.7 Å². The molecule has 4 rings (SSSR count). The normalized spacial score (nSPS) is 11.0. The van der Waals surface area contributed by atoms with Crippen molar-refractivity contribution < 1.29 is 8.78 Å². The van der Waals surface area contributed by atoms with Crippen molar-refractivity contribution in [1.29, 1.82) is 0 Å². The topological polar surface area (TPSA) is 107 Å². The summed E-state index contributed by atoms with van der Waals surface area (Å²) >= 11 is 0. The summed E-state index contributed by atoms with van der Waals surface area (Å²) in [4.78, 5) is 17.0. The third-order valence-corrected chi connectivity index (χ3v) is 5.00. The van der Waals surface area contributed by atoms with Crippen molar-refractivity contribution in [2.45, 2.75) is 13.5 Å². The van der Waals surface area contributed by atoms with Crippen LogP contribution in [-0.2, 0) is 6.54 Å². The first kappa shape index (κ1) is 20.4. The summed E-state index contributed by atoms with van der Waals surface area (Å²) < 4.78 is 28.2. The third-order valence-electron chi connectivity index (χ3n) is 5.00. The van der Waals surface area contributed by atoms with E-state index in [2.05, 4.69) is 20.3 Å². The number of nitrogens with zero attached hydrogens (tertiary/aromatic N) is 5. The van der Waals surface area contributed by atoms with Gasteiger partial charge in [0, 0.05) is 17.7 Å². The smallest absolute Gasteiger partial charge is 0.327 e. The molecule has 8 nitrogen and oxygen atoms in total. The minimum Gasteiger partial charge on any atom is -0.327 e. The molecule has 0 saturated carbocycles. The third kappa shape index (κ3) is 3.92. The van der Waals surface area contributed by atoms with E-state index in [4.69, 9.17) is 5.73 Å². The van der Waals surface area contributed by atoms with Crippen molar-refractivity contribution in [3.63, 3.8) is 0 Å². The van der Waals surface area contributed by atoms with E-state index in [-0.39, 0.29) is 18.7 Å². The highest BCUT2D eigenvalue weighted by Crippen LogP contribution is 2.29. The van der Waals surface area contributed by atoms with Gasteiger partial charge in [0.25, 0.3) is 6.08 Å². The predicted molar refractivity (Wildman–Crippen MR) is 112 cm³/mol. The molecule has 0 fully saturated rings. The maximum atomic E-state index is 12.9. The van der Waals surface area contributed by atoms with E-state index in [9.17, 15) is 13.6 Å². The lowest BCUT2D eigenvalue weighted by atomic mass is 9.97. The first-order chi connectivity index (χ1) is 15.0. The lowest BCUT2D eigenvalue weighted by Gasteiger charge is -2.12. The Labute approximate surface area is 175 Å². The molecule has 0 radical (unpaired) electrons. The molecule has 31 heavy (non-hydrogen) atoms. The summed E-state index contributed by atoms with van der Waals surface area (Å²) in [5, 5.41) is 10.8. The van der Waals surface area contributed by atoms with Crippen LogP contribution in [0.15, 0.2) is 71.6 Å². The molecule has 0 bridgehead atoms. The predicted octanol–water partition coefficient (Wildman–Crippen LogP) is 2.90. The molecule has 2 aromatic heterocycles. The molecule has 0 amide bonds. The number of hydrogen-bond donors (Lipinski definition) is 2. The highest BCUT2D eigenvalue weighted by atomic mass is 19.3. The number of benzene rings is 2. The summed E-state index contributed by atoms with van der Waals surface area (Å²) in [6, 6.07) is 13.3. The van der Waals surface area contributed by atoms with Gasteiger partial charge < -0.3 is 5.73 Å². The van der Waals surface area contributed by atoms with E-state index in [1.807, 2.05) is 43.3 Å². The minimum atomic E-state index is -1.89. The first-order valence-electron chi connectivity index (χ1n) is 9.43. The largest absolute Gasteiger partial charge is 0.350 e. The van der Waals surface area contributed by atoms with Crippen molar-refractivity contribution in [3.05, 3.63) is 82.8 Å². The van der Waals surface area contributed by atoms with Gasteiger partial charge in [-0.2, -0.15) is 19.0 Å². The molecule has 10 heteroatoms. The second kappa shape index (κ2) is 8.44. The molecule has 0 aliphatic carbocycles. The van der Waals surface area contributed by atoms with Crippen LogP contribution in [0.2, 0.25) is 0 Å². The maximum absolute atomic E-state index is 12.9. The zero-order valence-corrected chi connectivity index (χ0v) is 16.6. The number of nitrogens with one attached hydrogen (secondary N) is 1. The van der Waals surface area contributed by atoms with E-state index in [0.29, 0.717) is 11.5 Å². The Hall–Kier alpha value is -3.92. The van der Waals surface area contributed by atoms with Gasteiger partial charge in [-0.3, -0.25) is 5.10 Å². The Morgan fingerprint density at radius 2 is 1.94 bits per heavy atom. The minimum absolute atomic E-state index is 0.332. The molecular formula is C21H19F2N7O. The van der Waals surface area contributed by atoms with Gasteiger partial charge in [-0.25, -0.2) is 19.0 Å². The quantitative estimate of drug-likeness (QED) is 0.496. The number of rotatable bonds is 6. The van der Waals surface area contributed by atoms with Crippen LogP contribution in [0.25, 0.3) is 28.2 Å². The molecule has 0 aliphatic rings. The molecule has 0 atom stereocenters. The van der Waals surface area contributed by atoms with Crippen molar-refractivity contribution in [2.75, 3.05) is 6.54 Å². The lowest BCUT2D eigenvalue weighted by molar-refractivity contribution is 0.400. The number of aromatic nitrogens is 6. The van der Waals surface area contributed by atoms with Gasteiger partial charge in [0.2, 0.25) is 0 Å². The van der Waals surface area contributed by atoms with E-state index >= 15 is 0 Å². The molecule has 4 aromatic rings. The van der Waals surface area contributed by atoms with Crippen LogP contribution >= 0.6 is 0 Å². The summed E-state index contributed by atoms with van der Waals surface area (Å²) in [7, 11) is 0. The maximum Gasteiger partial charge on any atom is 0.350 e. The van der Waals surface area contributed by atoms with E-state index in [1.165, 1.54) is 17.2 Å². The molecule has 3 N–H and O–H groups in total. The van der Waals surface area contributed by atoms with Crippen LogP contribution in [0.1, 0.15) is 5.56 Å². The van der Waals surface area contributed by atoms with Crippen LogP contribution in [0, 0.1) is 6.92 Å². The van der Waals surface area contributed by atoms with Crippen LogP contribution in [0.4, 0.5) is 8.78 Å². The van der Waals surface area contributed by atoms with Gasteiger partial charge in [-0.15, -0.1) is 0 Å². The molecule has 0 aliphatic heterocycles. The Bertz CT molecular complexity index is 1300. The molecule has 158 valence electrons. The Morgan fingerprint density at radius 1 is 1.16 bits per heavy atom. The van der Waals surface area contributed by atoms with Crippen LogP contribution in [-0.4, -0.2) is 36.1 Å². The lowest BCUT2D eigenvalue weighted by Crippen LogP contribution is -2.26. The van der Waals surface area contributed by atoms with Gasteiger partial charge in [0.05, 0.1) is 12.2 Å². The summed E-state index contributed by atoms with van der Waals surface area (Å²) in [6.45, 7) is 1.18. The van der Waals surface area contributed by atoms with E-state index < -0.39 is 11.8 Å². The Kier molecular flexibility index (Phi) is 5.54. The molecule has 2 heterocycles. The highest BCUT2D eigenvalue weighted by molar-refractivity contribution is 5.74. The Balaban J connectivity index is 1.74. The van der Waals surface area contributed by atoms with Crippen LogP contribution in [0.3, 0.4) is 0 Å². The number of nitrogens with two attached hydrogens (primary N) is 1. The Morgan fingerprint density at radius 3 is 2.65 bits per heavy atom. The fourth-order valence-electron chi connectivity index (χ4n) is 3.36. The summed E-state index contributed by atoms with van der Waals surface area (Å²) in [5.41, 5.74) is 8.62. The number of H-pyrrole nitrogens is 1. The molecular weight excluding hydrogens is 404 g/mol. The standard InChI is InChI=1S/C21H19F2N7O/c1-13-17(14-4-2-5-15(8-14)20-25-11-26-28-20)6-3-7-18(13)29-12-27-30(21(29)31)10-16(9-24)19(22)23/h2-8,11-12H,9-10,24H2,1H3,(H,25,26,28). The number of halogens is 2. The molecule has 0 saturated heterocycles. The van der Waals surface area contributed by atoms with Gasteiger partial charge in [0.15, 0.2) is 5.82 Å². The van der Waals surface area contributed by atoms with Gasteiger partial charge in [-0.1, -0.05) is 30.3 Å². The fourth-order valence-corrected chi connectivity index (χ4v) is 3.36. The second-order valence-corrected chi connectivity index (χ2v) is 6.86. The van der Waals surface area contributed by atoms with Crippen LogP contribution < -0.4 is 11.4 Å². The first-order valence-corrected chi connectivity index (χ1v) is 9.43. The highest BCUT2D eigenvalue weighted by Gasteiger charge is 2.15. The van der Waals surface area contributed by atoms with Crippen molar-refractivity contribution in [2.24, 2.45) is 5.73 Å². The van der Waals surface area contributed by atoms with Crippen molar-refractivity contribution >= 4 is 0 Å². The average molecular weight is 423 g/mol. The van der Waals surface area contributed by atoms with Crippen LogP contribution in [0.5, 0.6) is 0 Å². The summed E-state index contributed by atoms with van der Waals surface area (Å²) in [5.74, 6) is 0.581. The van der Waals surface area contributed by atoms with E-state index in [1.54, 1.807) is 6.07 Å². The fraction of sp³-hybridized carbons (Fsp3) is 0.143. The van der Waals surface area contributed by atoms with E-state index in [0.717, 1.165) is 26.9 Å². The zero-order chi connectivity index (χ0) is 22.0. The molecule has 0 spiro atoms. The molecule has 2 aromatic carbocycles.